The predicted octanol–water partition coefficient (Wildman–Crippen LogP) is 1.57. The minimum Gasteiger partial charge on any atom is -0.358 e. The number of fused-ring (bicyclic) bond motifs is 1. The summed E-state index contributed by atoms with van der Waals surface area (Å²) in [4.78, 5) is 2.12. The van der Waals surface area contributed by atoms with Gasteiger partial charge in [-0.25, -0.2) is 0 Å². The summed E-state index contributed by atoms with van der Waals surface area (Å²) >= 11 is 0. The monoisotopic (exact) mass is 158 g/mol. The van der Waals surface area contributed by atoms with E-state index >= 15 is 0 Å². The predicted molar refractivity (Wildman–Crippen MR) is 48.0 cm³/mol. The summed E-state index contributed by atoms with van der Waals surface area (Å²) in [5.41, 5.74) is 2.60. The van der Waals surface area contributed by atoms with Crippen LogP contribution in [0.25, 0.3) is 0 Å². The van der Waals surface area contributed by atoms with Crippen molar-refractivity contribution in [3.8, 4) is 6.07 Å². The fourth-order valence-electron chi connectivity index (χ4n) is 1.66. The van der Waals surface area contributed by atoms with Crippen LogP contribution in [0.3, 0.4) is 0 Å². The van der Waals surface area contributed by atoms with Crippen LogP contribution in [0, 0.1) is 11.3 Å². The molecule has 1 aliphatic rings. The van der Waals surface area contributed by atoms with Gasteiger partial charge in [-0.05, 0) is 18.1 Å². The Morgan fingerprint density at radius 1 is 1.42 bits per heavy atom. The molecule has 0 atom stereocenters. The maximum atomic E-state index is 8.56. The standard InChI is InChI=1S/C10H10N2/c11-6-8-12-7-5-9-3-1-2-4-10(9)12/h1-4H,5,7-8H2. The molecule has 0 N–H and O–H groups in total. The smallest absolute Gasteiger partial charge is 0.105 e. The summed E-state index contributed by atoms with van der Waals surface area (Å²) in [6, 6.07) is 10.5. The average molecular weight is 158 g/mol. The first-order chi connectivity index (χ1) is 5.92. The highest BCUT2D eigenvalue weighted by molar-refractivity contribution is 5.58. The summed E-state index contributed by atoms with van der Waals surface area (Å²) in [6.45, 7) is 1.50. The number of anilines is 1. The molecule has 1 aliphatic heterocycles. The van der Waals surface area contributed by atoms with Gasteiger partial charge in [-0.2, -0.15) is 5.26 Å². The van der Waals surface area contributed by atoms with Crippen LogP contribution in [0.15, 0.2) is 24.3 Å². The second kappa shape index (κ2) is 2.86. The van der Waals surface area contributed by atoms with E-state index in [1.165, 1.54) is 11.3 Å². The normalized spacial score (nSPS) is 14.1. The fraction of sp³-hybridized carbons (Fsp3) is 0.300. The Morgan fingerprint density at radius 2 is 2.25 bits per heavy atom. The van der Waals surface area contributed by atoms with E-state index in [1.54, 1.807) is 0 Å². The summed E-state index contributed by atoms with van der Waals surface area (Å²) < 4.78 is 0. The van der Waals surface area contributed by atoms with Crippen LogP contribution in [0.2, 0.25) is 0 Å². The van der Waals surface area contributed by atoms with Crippen LogP contribution in [-0.2, 0) is 6.42 Å². The zero-order valence-corrected chi connectivity index (χ0v) is 6.83. The average Bonchev–Trinajstić information content (AvgIpc) is 2.50. The van der Waals surface area contributed by atoms with Gasteiger partial charge in [0.25, 0.3) is 0 Å². The first-order valence-corrected chi connectivity index (χ1v) is 4.11. The van der Waals surface area contributed by atoms with Crippen molar-refractivity contribution >= 4 is 5.69 Å². The van der Waals surface area contributed by atoms with E-state index in [1.807, 2.05) is 6.07 Å². The summed E-state index contributed by atoms with van der Waals surface area (Å²) in [6.07, 6.45) is 1.08. The highest BCUT2D eigenvalue weighted by Gasteiger charge is 2.16. The quantitative estimate of drug-likeness (QED) is 0.580. The molecule has 2 heteroatoms. The lowest BCUT2D eigenvalue weighted by atomic mass is 10.2. The van der Waals surface area contributed by atoms with E-state index in [0.717, 1.165) is 13.0 Å². The van der Waals surface area contributed by atoms with Crippen molar-refractivity contribution < 1.29 is 0 Å². The Labute approximate surface area is 72.0 Å². The summed E-state index contributed by atoms with van der Waals surface area (Å²) in [5, 5.41) is 8.56. The van der Waals surface area contributed by atoms with Gasteiger partial charge in [-0.15, -0.1) is 0 Å². The molecular formula is C10H10N2. The van der Waals surface area contributed by atoms with E-state index in [2.05, 4.69) is 29.2 Å². The van der Waals surface area contributed by atoms with Crippen LogP contribution >= 0.6 is 0 Å². The molecule has 0 fully saturated rings. The van der Waals surface area contributed by atoms with Crippen molar-refractivity contribution in [1.82, 2.24) is 0 Å². The fourth-order valence-corrected chi connectivity index (χ4v) is 1.66. The third kappa shape index (κ3) is 1.04. The molecule has 0 bridgehead atoms. The van der Waals surface area contributed by atoms with E-state index in [4.69, 9.17) is 5.26 Å². The summed E-state index contributed by atoms with van der Waals surface area (Å²) in [7, 11) is 0. The van der Waals surface area contributed by atoms with Gasteiger partial charge in [0.15, 0.2) is 0 Å². The van der Waals surface area contributed by atoms with Gasteiger partial charge >= 0.3 is 0 Å². The molecule has 0 unspecified atom stereocenters. The Hall–Kier alpha value is -1.49. The van der Waals surface area contributed by atoms with E-state index in [9.17, 15) is 0 Å². The Morgan fingerprint density at radius 3 is 3.08 bits per heavy atom. The molecule has 1 aromatic rings. The number of nitriles is 1. The first-order valence-electron chi connectivity index (χ1n) is 4.11. The number of nitrogens with zero attached hydrogens (tertiary/aromatic N) is 2. The van der Waals surface area contributed by atoms with Gasteiger partial charge in [0.05, 0.1) is 6.07 Å². The zero-order valence-electron chi connectivity index (χ0n) is 6.83. The third-order valence-corrected chi connectivity index (χ3v) is 2.24. The van der Waals surface area contributed by atoms with Gasteiger partial charge in [0.1, 0.15) is 6.54 Å². The number of rotatable bonds is 1. The van der Waals surface area contributed by atoms with Gasteiger partial charge in [0.2, 0.25) is 0 Å². The van der Waals surface area contributed by atoms with Crippen LogP contribution in [0.1, 0.15) is 5.56 Å². The lowest BCUT2D eigenvalue weighted by molar-refractivity contribution is 0.909. The third-order valence-electron chi connectivity index (χ3n) is 2.24. The molecule has 1 heterocycles. The Balaban J connectivity index is 2.31. The van der Waals surface area contributed by atoms with Crippen LogP contribution in [0.5, 0.6) is 0 Å². The van der Waals surface area contributed by atoms with Crippen LogP contribution in [-0.4, -0.2) is 13.1 Å². The Kier molecular flexibility index (Phi) is 1.71. The highest BCUT2D eigenvalue weighted by atomic mass is 15.1. The molecule has 2 nitrogen and oxygen atoms in total. The maximum Gasteiger partial charge on any atom is 0.105 e. The molecule has 2 rings (SSSR count). The van der Waals surface area contributed by atoms with E-state index < -0.39 is 0 Å². The Bertz CT molecular complexity index is 325. The van der Waals surface area contributed by atoms with Crippen LogP contribution < -0.4 is 4.90 Å². The molecule has 0 saturated carbocycles. The van der Waals surface area contributed by atoms with E-state index in [-0.39, 0.29) is 0 Å². The number of para-hydroxylation sites is 1. The largest absolute Gasteiger partial charge is 0.358 e. The molecular weight excluding hydrogens is 148 g/mol. The number of hydrogen-bond acceptors (Lipinski definition) is 2. The van der Waals surface area contributed by atoms with Crippen LogP contribution in [0.4, 0.5) is 5.69 Å². The molecule has 0 amide bonds. The molecule has 0 saturated heterocycles. The molecule has 0 aromatic heterocycles. The second-order valence-electron chi connectivity index (χ2n) is 2.96. The lowest BCUT2D eigenvalue weighted by Crippen LogP contribution is -2.20. The minimum absolute atomic E-state index is 0.511. The lowest BCUT2D eigenvalue weighted by Gasteiger charge is -2.13. The van der Waals surface area contributed by atoms with Crippen molar-refractivity contribution in [3.63, 3.8) is 0 Å². The first kappa shape index (κ1) is 7.17. The molecule has 0 aliphatic carbocycles. The van der Waals surface area contributed by atoms with Gasteiger partial charge in [-0.3, -0.25) is 0 Å². The van der Waals surface area contributed by atoms with Crippen molar-refractivity contribution in [2.45, 2.75) is 6.42 Å². The number of benzene rings is 1. The molecule has 0 radical (unpaired) electrons. The molecule has 12 heavy (non-hydrogen) atoms. The second-order valence-corrected chi connectivity index (χ2v) is 2.96. The van der Waals surface area contributed by atoms with Gasteiger partial charge in [-0.1, -0.05) is 18.2 Å². The minimum atomic E-state index is 0.511. The number of hydrogen-bond donors (Lipinski definition) is 0. The molecule has 1 aromatic carbocycles. The van der Waals surface area contributed by atoms with Crippen molar-refractivity contribution in [2.75, 3.05) is 18.0 Å². The van der Waals surface area contributed by atoms with Crippen molar-refractivity contribution in [3.05, 3.63) is 29.8 Å². The molecule has 60 valence electrons. The van der Waals surface area contributed by atoms with Gasteiger partial charge in [0, 0.05) is 12.2 Å². The SMILES string of the molecule is N#CCN1CCc2ccccc21. The zero-order chi connectivity index (χ0) is 8.39. The van der Waals surface area contributed by atoms with E-state index in [0.29, 0.717) is 6.54 Å². The topological polar surface area (TPSA) is 27.0 Å². The van der Waals surface area contributed by atoms with Gasteiger partial charge < -0.3 is 4.90 Å². The van der Waals surface area contributed by atoms with Crippen molar-refractivity contribution in [1.29, 1.82) is 5.26 Å². The maximum absolute atomic E-state index is 8.56. The highest BCUT2D eigenvalue weighted by Crippen LogP contribution is 2.26. The van der Waals surface area contributed by atoms with Crippen molar-refractivity contribution in [2.24, 2.45) is 0 Å². The molecule has 0 spiro atoms. The summed E-state index contributed by atoms with van der Waals surface area (Å²) in [5.74, 6) is 0.